The summed E-state index contributed by atoms with van der Waals surface area (Å²) in [6.07, 6.45) is 1.97. The highest BCUT2D eigenvalue weighted by Gasteiger charge is 2.22. The summed E-state index contributed by atoms with van der Waals surface area (Å²) in [5, 5.41) is 3.21. The average Bonchev–Trinajstić information content (AvgIpc) is 2.46. The number of piperidine rings is 1. The summed E-state index contributed by atoms with van der Waals surface area (Å²) < 4.78 is 10.4. The molecule has 1 fully saturated rings. The highest BCUT2D eigenvalue weighted by atomic mass is 16.5. The smallest absolute Gasteiger partial charge is 0.310 e. The van der Waals surface area contributed by atoms with Gasteiger partial charge in [-0.3, -0.25) is 4.79 Å². The molecule has 1 aromatic rings. The second-order valence-electron chi connectivity index (χ2n) is 4.50. The van der Waals surface area contributed by atoms with Crippen molar-refractivity contribution in [2.75, 3.05) is 20.2 Å². The van der Waals surface area contributed by atoms with E-state index < -0.39 is 0 Å². The number of ether oxygens (including phenoxy) is 2. The molecule has 1 aliphatic rings. The summed E-state index contributed by atoms with van der Waals surface area (Å²) in [6, 6.07) is 7.55. The number of esters is 1. The van der Waals surface area contributed by atoms with Crippen LogP contribution in [-0.4, -0.2) is 26.2 Å². The number of benzene rings is 1. The number of carbonyl (C=O) groups is 1. The summed E-state index contributed by atoms with van der Waals surface area (Å²) in [5.41, 5.74) is 0.980. The van der Waals surface area contributed by atoms with Gasteiger partial charge in [0.05, 0.1) is 13.0 Å². The fourth-order valence-electron chi connectivity index (χ4n) is 2.05. The van der Waals surface area contributed by atoms with Crippen molar-refractivity contribution in [1.82, 2.24) is 5.32 Å². The van der Waals surface area contributed by atoms with Gasteiger partial charge >= 0.3 is 5.97 Å². The largest absolute Gasteiger partial charge is 0.497 e. The Hall–Kier alpha value is -1.55. The molecule has 0 aliphatic carbocycles. The van der Waals surface area contributed by atoms with Gasteiger partial charge in [0.15, 0.2) is 0 Å². The van der Waals surface area contributed by atoms with Gasteiger partial charge in [-0.25, -0.2) is 0 Å². The van der Waals surface area contributed by atoms with Gasteiger partial charge in [-0.2, -0.15) is 0 Å². The Labute approximate surface area is 107 Å². The second kappa shape index (κ2) is 6.40. The van der Waals surface area contributed by atoms with Gasteiger partial charge in [0.1, 0.15) is 12.4 Å². The summed E-state index contributed by atoms with van der Waals surface area (Å²) in [7, 11) is 1.63. The van der Waals surface area contributed by atoms with E-state index in [0.29, 0.717) is 6.61 Å². The van der Waals surface area contributed by atoms with Crippen LogP contribution >= 0.6 is 0 Å². The van der Waals surface area contributed by atoms with E-state index in [4.69, 9.17) is 9.47 Å². The van der Waals surface area contributed by atoms with Gasteiger partial charge < -0.3 is 14.8 Å². The van der Waals surface area contributed by atoms with Crippen molar-refractivity contribution in [1.29, 1.82) is 0 Å². The molecule has 1 aromatic carbocycles. The van der Waals surface area contributed by atoms with Gasteiger partial charge in [0, 0.05) is 6.54 Å². The summed E-state index contributed by atoms with van der Waals surface area (Å²) in [6.45, 7) is 2.07. The van der Waals surface area contributed by atoms with Crippen LogP contribution in [0.3, 0.4) is 0 Å². The lowest BCUT2D eigenvalue weighted by atomic mass is 10.0. The number of carbonyl (C=O) groups excluding carboxylic acids is 1. The number of nitrogens with one attached hydrogen (secondary N) is 1. The number of rotatable bonds is 4. The lowest BCUT2D eigenvalue weighted by Gasteiger charge is -2.21. The van der Waals surface area contributed by atoms with Crippen molar-refractivity contribution in [3.8, 4) is 5.75 Å². The molecule has 0 radical (unpaired) electrons. The summed E-state index contributed by atoms with van der Waals surface area (Å²) >= 11 is 0. The highest BCUT2D eigenvalue weighted by Crippen LogP contribution is 2.15. The van der Waals surface area contributed by atoms with Crippen molar-refractivity contribution in [3.05, 3.63) is 29.8 Å². The van der Waals surface area contributed by atoms with Crippen LogP contribution in [0.25, 0.3) is 0 Å². The molecule has 1 saturated heterocycles. The Kier molecular flexibility index (Phi) is 4.59. The molecule has 4 heteroatoms. The van der Waals surface area contributed by atoms with Crippen LogP contribution in [0.4, 0.5) is 0 Å². The molecule has 0 spiro atoms. The Morgan fingerprint density at radius 2 is 2.17 bits per heavy atom. The third kappa shape index (κ3) is 3.47. The summed E-state index contributed by atoms with van der Waals surface area (Å²) in [4.78, 5) is 11.8. The van der Waals surface area contributed by atoms with Crippen LogP contribution in [0.2, 0.25) is 0 Å². The van der Waals surface area contributed by atoms with E-state index in [0.717, 1.165) is 37.2 Å². The molecule has 0 unspecified atom stereocenters. The first kappa shape index (κ1) is 12.9. The number of hydrogen-bond acceptors (Lipinski definition) is 4. The highest BCUT2D eigenvalue weighted by molar-refractivity contribution is 5.72. The van der Waals surface area contributed by atoms with Crippen LogP contribution < -0.4 is 10.1 Å². The zero-order chi connectivity index (χ0) is 12.8. The van der Waals surface area contributed by atoms with E-state index in [1.54, 1.807) is 7.11 Å². The maximum Gasteiger partial charge on any atom is 0.310 e. The van der Waals surface area contributed by atoms with Crippen molar-refractivity contribution in [2.24, 2.45) is 5.92 Å². The van der Waals surface area contributed by atoms with E-state index in [9.17, 15) is 4.79 Å². The van der Waals surface area contributed by atoms with Crippen LogP contribution in [0.15, 0.2) is 24.3 Å². The third-order valence-corrected chi connectivity index (χ3v) is 3.17. The van der Waals surface area contributed by atoms with Gasteiger partial charge in [-0.15, -0.1) is 0 Å². The number of methoxy groups -OCH3 is 1. The topological polar surface area (TPSA) is 47.6 Å². The molecule has 0 amide bonds. The van der Waals surface area contributed by atoms with E-state index in [-0.39, 0.29) is 11.9 Å². The van der Waals surface area contributed by atoms with Crippen LogP contribution in [0.5, 0.6) is 5.75 Å². The quantitative estimate of drug-likeness (QED) is 0.826. The van der Waals surface area contributed by atoms with Gasteiger partial charge in [0.25, 0.3) is 0 Å². The van der Waals surface area contributed by atoms with Gasteiger partial charge in [-0.1, -0.05) is 12.1 Å². The first-order valence-electron chi connectivity index (χ1n) is 6.30. The molecule has 1 heterocycles. The van der Waals surface area contributed by atoms with Crippen molar-refractivity contribution in [2.45, 2.75) is 19.4 Å². The first-order valence-corrected chi connectivity index (χ1v) is 6.30. The predicted octanol–water partition coefficient (Wildman–Crippen LogP) is 1.74. The van der Waals surface area contributed by atoms with Crippen LogP contribution in [-0.2, 0) is 16.1 Å². The second-order valence-corrected chi connectivity index (χ2v) is 4.50. The predicted molar refractivity (Wildman–Crippen MR) is 68.4 cm³/mol. The van der Waals surface area contributed by atoms with Crippen LogP contribution in [0.1, 0.15) is 18.4 Å². The first-order chi connectivity index (χ1) is 8.79. The van der Waals surface area contributed by atoms with Crippen molar-refractivity contribution >= 4 is 5.97 Å². The standard InChI is InChI=1S/C14H19NO3/c1-17-13-6-4-11(5-7-13)10-18-14(16)12-3-2-8-15-9-12/h4-7,12,15H,2-3,8-10H2,1H3/t12-/m0/s1. The fourth-order valence-corrected chi connectivity index (χ4v) is 2.05. The third-order valence-electron chi connectivity index (χ3n) is 3.17. The molecule has 1 N–H and O–H groups in total. The maximum absolute atomic E-state index is 11.8. The summed E-state index contributed by atoms with van der Waals surface area (Å²) in [5.74, 6) is 0.719. The SMILES string of the molecule is COc1ccc(COC(=O)[C@H]2CCCNC2)cc1. The zero-order valence-electron chi connectivity index (χ0n) is 10.6. The zero-order valence-corrected chi connectivity index (χ0v) is 10.6. The molecular weight excluding hydrogens is 230 g/mol. The van der Waals surface area contributed by atoms with Crippen molar-refractivity contribution in [3.63, 3.8) is 0 Å². The Balaban J connectivity index is 1.80. The Bertz CT molecular complexity index is 383. The molecule has 4 nitrogen and oxygen atoms in total. The molecule has 1 aliphatic heterocycles. The lowest BCUT2D eigenvalue weighted by Crippen LogP contribution is -2.35. The molecule has 1 atom stereocenters. The normalized spacial score (nSPS) is 19.3. The van der Waals surface area contributed by atoms with E-state index in [1.165, 1.54) is 0 Å². The van der Waals surface area contributed by atoms with E-state index in [1.807, 2.05) is 24.3 Å². The number of hydrogen-bond donors (Lipinski definition) is 1. The molecule has 0 bridgehead atoms. The molecule has 0 saturated carbocycles. The van der Waals surface area contributed by atoms with Gasteiger partial charge in [-0.05, 0) is 37.1 Å². The molecule has 2 rings (SSSR count). The average molecular weight is 249 g/mol. The maximum atomic E-state index is 11.8. The molecule has 98 valence electrons. The van der Waals surface area contributed by atoms with E-state index in [2.05, 4.69) is 5.32 Å². The minimum atomic E-state index is -0.0991. The fraction of sp³-hybridized carbons (Fsp3) is 0.500. The van der Waals surface area contributed by atoms with Crippen molar-refractivity contribution < 1.29 is 14.3 Å². The van der Waals surface area contributed by atoms with Crippen LogP contribution in [0, 0.1) is 5.92 Å². The molecule has 0 aromatic heterocycles. The van der Waals surface area contributed by atoms with E-state index >= 15 is 0 Å². The minimum Gasteiger partial charge on any atom is -0.497 e. The Morgan fingerprint density at radius 1 is 1.39 bits per heavy atom. The molecule has 18 heavy (non-hydrogen) atoms. The minimum absolute atomic E-state index is 0.0111. The van der Waals surface area contributed by atoms with Gasteiger partial charge in [0.2, 0.25) is 0 Å². The molecular formula is C14H19NO3. The lowest BCUT2D eigenvalue weighted by molar-refractivity contribution is -0.150. The monoisotopic (exact) mass is 249 g/mol. The Morgan fingerprint density at radius 3 is 2.78 bits per heavy atom.